The molecule has 0 aliphatic carbocycles. The molecule has 0 unspecified atom stereocenters. The molecule has 1 aliphatic heterocycles. The second-order valence-electron chi connectivity index (χ2n) is 2.14. The molecule has 0 amide bonds. The van der Waals surface area contributed by atoms with Crippen molar-refractivity contribution in [2.45, 2.75) is 0 Å². The Hall–Kier alpha value is -1.68. The number of nitriles is 2. The summed E-state index contributed by atoms with van der Waals surface area (Å²) in [7, 11) is 3.36. The zero-order valence-corrected chi connectivity index (χ0v) is 6.29. The van der Waals surface area contributed by atoms with Gasteiger partial charge in [0.1, 0.15) is 12.1 Å². The molecular formula is C7H6N4. The minimum atomic E-state index is 0.343. The molecule has 54 valence electrons. The normalized spacial score (nSPS) is 16.7. The van der Waals surface area contributed by atoms with Crippen LogP contribution in [0.1, 0.15) is 0 Å². The van der Waals surface area contributed by atoms with Gasteiger partial charge in [0.05, 0.1) is 0 Å². The maximum Gasteiger partial charge on any atom is 0.209 e. The van der Waals surface area contributed by atoms with Crippen LogP contribution in [-0.2, 0) is 0 Å². The second kappa shape index (κ2) is 2.51. The Labute approximate surface area is 65.5 Å². The van der Waals surface area contributed by atoms with Crippen molar-refractivity contribution in [3.05, 3.63) is 18.1 Å². The summed E-state index contributed by atoms with van der Waals surface area (Å²) < 4.78 is 0. The minimum Gasteiger partial charge on any atom is -0.333 e. The van der Waals surface area contributed by atoms with E-state index in [2.05, 4.69) is 6.67 Å². The van der Waals surface area contributed by atoms with Gasteiger partial charge in [-0.3, -0.25) is 0 Å². The number of nitrogens with zero attached hydrogens (tertiary/aromatic N) is 4. The van der Waals surface area contributed by atoms with Gasteiger partial charge in [-0.1, -0.05) is 0 Å². The van der Waals surface area contributed by atoms with Crippen LogP contribution in [-0.4, -0.2) is 23.9 Å². The molecule has 1 heterocycles. The predicted molar refractivity (Wildman–Crippen MR) is 37.0 cm³/mol. The minimum absolute atomic E-state index is 0.343. The van der Waals surface area contributed by atoms with Gasteiger partial charge >= 0.3 is 0 Å². The van der Waals surface area contributed by atoms with Crippen LogP contribution < -0.4 is 0 Å². The Balaban J connectivity index is 3.07. The number of rotatable bonds is 0. The number of hydrogen-bond acceptors (Lipinski definition) is 4. The van der Waals surface area contributed by atoms with Crippen LogP contribution in [0.5, 0.6) is 0 Å². The van der Waals surface area contributed by atoms with Crippen molar-refractivity contribution >= 4 is 0 Å². The Morgan fingerprint density at radius 3 is 1.73 bits per heavy atom. The Morgan fingerprint density at radius 2 is 1.45 bits per heavy atom. The topological polar surface area (TPSA) is 54.1 Å². The quantitative estimate of drug-likeness (QED) is 0.487. The van der Waals surface area contributed by atoms with Crippen molar-refractivity contribution in [1.29, 1.82) is 10.5 Å². The Bertz CT molecular complexity index is 250. The van der Waals surface area contributed by atoms with Gasteiger partial charge in [-0.15, -0.1) is 0 Å². The molecule has 0 atom stereocenters. The zero-order valence-electron chi connectivity index (χ0n) is 6.29. The standard InChI is InChI=1S/C7H6N4/c1-10-5-11(2)7(4-9)6(10)3-8/h1-2H3. The van der Waals surface area contributed by atoms with Gasteiger partial charge < -0.3 is 9.80 Å². The van der Waals surface area contributed by atoms with Crippen LogP contribution in [0, 0.1) is 29.3 Å². The van der Waals surface area contributed by atoms with Crippen molar-refractivity contribution in [2.24, 2.45) is 0 Å². The van der Waals surface area contributed by atoms with Gasteiger partial charge in [0, 0.05) is 14.1 Å². The largest absolute Gasteiger partial charge is 0.333 e. The monoisotopic (exact) mass is 146 g/mol. The molecule has 0 saturated heterocycles. The predicted octanol–water partition coefficient (Wildman–Crippen LogP) is 0.119. The van der Waals surface area contributed by atoms with E-state index < -0.39 is 0 Å². The molecule has 0 saturated carbocycles. The van der Waals surface area contributed by atoms with E-state index in [0.29, 0.717) is 11.4 Å². The highest BCUT2D eigenvalue weighted by molar-refractivity contribution is 5.39. The molecule has 0 aromatic heterocycles. The fourth-order valence-electron chi connectivity index (χ4n) is 0.899. The van der Waals surface area contributed by atoms with Gasteiger partial charge in [0.15, 0.2) is 11.4 Å². The third-order valence-corrected chi connectivity index (χ3v) is 1.41. The average Bonchev–Trinajstić information content (AvgIpc) is 2.24. The first-order valence-corrected chi connectivity index (χ1v) is 2.99. The lowest BCUT2D eigenvalue weighted by molar-refractivity contribution is 0.418. The van der Waals surface area contributed by atoms with Crippen molar-refractivity contribution in [1.82, 2.24) is 9.80 Å². The summed E-state index contributed by atoms with van der Waals surface area (Å²) in [6.07, 6.45) is 0. The number of allylic oxidation sites excluding steroid dienone is 2. The van der Waals surface area contributed by atoms with Gasteiger partial charge in [-0.2, -0.15) is 10.5 Å². The lowest BCUT2D eigenvalue weighted by Gasteiger charge is -2.09. The van der Waals surface area contributed by atoms with Crippen LogP contribution in [0.2, 0.25) is 0 Å². The van der Waals surface area contributed by atoms with E-state index in [4.69, 9.17) is 10.5 Å². The molecule has 11 heavy (non-hydrogen) atoms. The molecule has 0 N–H and O–H groups in total. The zero-order chi connectivity index (χ0) is 8.43. The first-order chi connectivity index (χ1) is 5.20. The molecule has 0 aromatic carbocycles. The molecule has 4 nitrogen and oxygen atoms in total. The van der Waals surface area contributed by atoms with Crippen LogP contribution in [0.15, 0.2) is 11.4 Å². The smallest absolute Gasteiger partial charge is 0.209 e. The maximum atomic E-state index is 8.59. The Kier molecular flexibility index (Phi) is 1.70. The molecule has 0 spiro atoms. The van der Waals surface area contributed by atoms with Gasteiger partial charge in [-0.05, 0) is 0 Å². The Morgan fingerprint density at radius 1 is 1.09 bits per heavy atom. The molecule has 4 heteroatoms. The number of hydrogen-bond donors (Lipinski definition) is 0. The van der Waals surface area contributed by atoms with Gasteiger partial charge in [0.2, 0.25) is 6.67 Å². The third-order valence-electron chi connectivity index (χ3n) is 1.41. The van der Waals surface area contributed by atoms with E-state index in [9.17, 15) is 0 Å². The van der Waals surface area contributed by atoms with Crippen LogP contribution in [0.3, 0.4) is 0 Å². The highest BCUT2D eigenvalue weighted by atomic mass is 15.3. The first kappa shape index (κ1) is 7.43. The molecule has 2 radical (unpaired) electrons. The summed E-state index contributed by atoms with van der Waals surface area (Å²) in [5, 5.41) is 17.2. The van der Waals surface area contributed by atoms with E-state index in [1.54, 1.807) is 14.1 Å². The van der Waals surface area contributed by atoms with Crippen molar-refractivity contribution < 1.29 is 0 Å². The SMILES string of the molecule is CN1[C]N(C)C(C#N)=C1C#N. The lowest BCUT2D eigenvalue weighted by Crippen LogP contribution is -2.14. The summed E-state index contributed by atoms with van der Waals surface area (Å²) in [4.78, 5) is 3.00. The summed E-state index contributed by atoms with van der Waals surface area (Å²) in [6.45, 7) is 2.77. The molecule has 1 rings (SSSR count). The van der Waals surface area contributed by atoms with Crippen LogP contribution in [0.25, 0.3) is 0 Å². The van der Waals surface area contributed by atoms with Crippen molar-refractivity contribution in [2.75, 3.05) is 14.1 Å². The highest BCUT2D eigenvalue weighted by Crippen LogP contribution is 2.21. The fourth-order valence-corrected chi connectivity index (χ4v) is 0.899. The first-order valence-electron chi connectivity index (χ1n) is 2.99. The third kappa shape index (κ3) is 0.990. The van der Waals surface area contributed by atoms with Crippen molar-refractivity contribution in [3.8, 4) is 12.1 Å². The van der Waals surface area contributed by atoms with E-state index in [0.717, 1.165) is 0 Å². The fraction of sp³-hybridized carbons (Fsp3) is 0.286. The second-order valence-corrected chi connectivity index (χ2v) is 2.14. The molecule has 1 aliphatic rings. The van der Waals surface area contributed by atoms with Gasteiger partial charge in [-0.25, -0.2) is 0 Å². The van der Waals surface area contributed by atoms with E-state index >= 15 is 0 Å². The van der Waals surface area contributed by atoms with Gasteiger partial charge in [0.25, 0.3) is 0 Å². The van der Waals surface area contributed by atoms with Crippen molar-refractivity contribution in [3.63, 3.8) is 0 Å². The molecular weight excluding hydrogens is 140 g/mol. The summed E-state index contributed by atoms with van der Waals surface area (Å²) in [6, 6.07) is 3.85. The molecule has 0 fully saturated rings. The molecule has 0 aromatic rings. The maximum absolute atomic E-state index is 8.59. The highest BCUT2D eigenvalue weighted by Gasteiger charge is 2.25. The molecule has 0 bridgehead atoms. The van der Waals surface area contributed by atoms with E-state index in [-0.39, 0.29) is 0 Å². The summed E-state index contributed by atoms with van der Waals surface area (Å²) in [5.41, 5.74) is 0.685. The van der Waals surface area contributed by atoms with Crippen LogP contribution >= 0.6 is 0 Å². The summed E-state index contributed by atoms with van der Waals surface area (Å²) in [5.74, 6) is 0. The van der Waals surface area contributed by atoms with E-state index in [1.165, 1.54) is 9.80 Å². The summed E-state index contributed by atoms with van der Waals surface area (Å²) >= 11 is 0. The lowest BCUT2D eigenvalue weighted by atomic mass is 10.3. The van der Waals surface area contributed by atoms with Crippen LogP contribution in [0.4, 0.5) is 0 Å². The average molecular weight is 146 g/mol. The van der Waals surface area contributed by atoms with E-state index in [1.807, 2.05) is 12.1 Å².